The molecule has 0 aliphatic carbocycles. The highest BCUT2D eigenvalue weighted by Gasteiger charge is 2.11. The molecule has 0 amide bonds. The zero-order valence-corrected chi connectivity index (χ0v) is 7.41. The van der Waals surface area contributed by atoms with Crippen LogP contribution in [0.15, 0.2) is 29.4 Å². The number of hydrogen-bond donors (Lipinski definition) is 0. The zero-order chi connectivity index (χ0) is 8.55. The molecule has 0 saturated carbocycles. The van der Waals surface area contributed by atoms with Gasteiger partial charge in [-0.1, -0.05) is 24.3 Å². The highest BCUT2D eigenvalue weighted by molar-refractivity contribution is 6.00. The largest absolute Gasteiger partial charge is 0.295 e. The molecule has 2 rings (SSSR count). The maximum absolute atomic E-state index is 4.37. The van der Waals surface area contributed by atoms with Crippen molar-refractivity contribution in [1.29, 1.82) is 0 Å². The van der Waals surface area contributed by atoms with E-state index in [0.29, 0.717) is 0 Å². The van der Waals surface area contributed by atoms with Gasteiger partial charge in [0, 0.05) is 12.6 Å². The minimum atomic E-state index is 0.924. The van der Waals surface area contributed by atoms with Gasteiger partial charge in [0.1, 0.15) is 0 Å². The molecule has 1 heterocycles. The fraction of sp³-hybridized carbons (Fsp3) is 0.300. The highest BCUT2D eigenvalue weighted by Crippen LogP contribution is 2.16. The van der Waals surface area contributed by atoms with Crippen molar-refractivity contribution in [3.8, 4) is 0 Å². The standard InChI is InChI=1S/C10H12N2/c1-8-10-6-4-3-5-9(10)7-12(2)11-8/h3-6H,7H2,1-2H3. The van der Waals surface area contributed by atoms with E-state index in [9.17, 15) is 0 Å². The first-order valence-electron chi connectivity index (χ1n) is 4.12. The van der Waals surface area contributed by atoms with Crippen molar-refractivity contribution < 1.29 is 0 Å². The fourth-order valence-electron chi connectivity index (χ4n) is 1.60. The molecule has 2 nitrogen and oxygen atoms in total. The highest BCUT2D eigenvalue weighted by atomic mass is 15.4. The molecule has 0 radical (unpaired) electrons. The molecule has 0 unspecified atom stereocenters. The lowest BCUT2D eigenvalue weighted by molar-refractivity contribution is 0.340. The maximum atomic E-state index is 4.37. The molecular formula is C10H12N2. The minimum absolute atomic E-state index is 0.924. The normalized spacial score (nSPS) is 15.5. The molecule has 0 fully saturated rings. The predicted molar refractivity (Wildman–Crippen MR) is 50.1 cm³/mol. The van der Waals surface area contributed by atoms with Crippen LogP contribution in [-0.4, -0.2) is 17.8 Å². The van der Waals surface area contributed by atoms with E-state index in [1.54, 1.807) is 0 Å². The lowest BCUT2D eigenvalue weighted by atomic mass is 10.0. The second-order valence-electron chi connectivity index (χ2n) is 3.16. The summed E-state index contributed by atoms with van der Waals surface area (Å²) >= 11 is 0. The molecule has 0 bridgehead atoms. The van der Waals surface area contributed by atoms with Crippen LogP contribution in [0, 0.1) is 0 Å². The van der Waals surface area contributed by atoms with Gasteiger partial charge in [-0.25, -0.2) is 0 Å². The Labute approximate surface area is 72.5 Å². The van der Waals surface area contributed by atoms with E-state index in [2.05, 4.69) is 36.3 Å². The number of hydrazone groups is 1. The summed E-state index contributed by atoms with van der Waals surface area (Å²) in [5.41, 5.74) is 3.77. The van der Waals surface area contributed by atoms with Crippen LogP contribution in [0.2, 0.25) is 0 Å². The van der Waals surface area contributed by atoms with Gasteiger partial charge in [-0.05, 0) is 12.5 Å². The van der Waals surface area contributed by atoms with Crippen LogP contribution in [0.25, 0.3) is 0 Å². The van der Waals surface area contributed by atoms with E-state index >= 15 is 0 Å². The van der Waals surface area contributed by atoms with Gasteiger partial charge in [0.15, 0.2) is 0 Å². The molecule has 1 aromatic rings. The van der Waals surface area contributed by atoms with Gasteiger partial charge >= 0.3 is 0 Å². The molecule has 2 heteroatoms. The summed E-state index contributed by atoms with van der Waals surface area (Å²) in [6.45, 7) is 2.97. The number of hydrogen-bond acceptors (Lipinski definition) is 2. The van der Waals surface area contributed by atoms with Crippen molar-refractivity contribution in [1.82, 2.24) is 5.01 Å². The molecule has 0 saturated heterocycles. The molecule has 1 aliphatic rings. The van der Waals surface area contributed by atoms with Gasteiger partial charge in [0.2, 0.25) is 0 Å². The summed E-state index contributed by atoms with van der Waals surface area (Å²) in [4.78, 5) is 0. The van der Waals surface area contributed by atoms with Gasteiger partial charge in [0.25, 0.3) is 0 Å². The SMILES string of the molecule is CC1=NN(C)Cc2ccccc21. The Bertz CT molecular complexity index is 328. The Kier molecular flexibility index (Phi) is 1.61. The van der Waals surface area contributed by atoms with Crippen LogP contribution in [0.4, 0.5) is 0 Å². The summed E-state index contributed by atoms with van der Waals surface area (Å²) in [5, 5.41) is 6.34. The lowest BCUT2D eigenvalue weighted by Gasteiger charge is -2.22. The minimum Gasteiger partial charge on any atom is -0.295 e. The van der Waals surface area contributed by atoms with Crippen molar-refractivity contribution in [2.75, 3.05) is 7.05 Å². The van der Waals surface area contributed by atoms with Gasteiger partial charge in [-0.3, -0.25) is 5.01 Å². The van der Waals surface area contributed by atoms with Crippen LogP contribution in [0.5, 0.6) is 0 Å². The summed E-state index contributed by atoms with van der Waals surface area (Å²) in [6.07, 6.45) is 0. The average Bonchev–Trinajstić information content (AvgIpc) is 2.04. The fourth-order valence-corrected chi connectivity index (χ4v) is 1.60. The first-order valence-corrected chi connectivity index (χ1v) is 4.12. The molecule has 0 aromatic heterocycles. The molecule has 62 valence electrons. The third-order valence-electron chi connectivity index (χ3n) is 2.13. The Morgan fingerprint density at radius 2 is 2.08 bits per heavy atom. The maximum Gasteiger partial charge on any atom is 0.0650 e. The van der Waals surface area contributed by atoms with Crippen LogP contribution >= 0.6 is 0 Å². The van der Waals surface area contributed by atoms with Gasteiger partial charge in [-0.15, -0.1) is 0 Å². The molecule has 0 atom stereocenters. The van der Waals surface area contributed by atoms with Crippen LogP contribution < -0.4 is 0 Å². The summed E-state index contributed by atoms with van der Waals surface area (Å²) in [6, 6.07) is 8.42. The quantitative estimate of drug-likeness (QED) is 0.565. The van der Waals surface area contributed by atoms with Crippen LogP contribution in [0.1, 0.15) is 18.1 Å². The first kappa shape index (κ1) is 7.35. The third-order valence-corrected chi connectivity index (χ3v) is 2.13. The molecule has 1 aliphatic heterocycles. The first-order chi connectivity index (χ1) is 5.77. The molecule has 0 spiro atoms. The monoisotopic (exact) mass is 160 g/mol. The summed E-state index contributed by atoms with van der Waals surface area (Å²) in [7, 11) is 2.00. The van der Waals surface area contributed by atoms with Crippen molar-refractivity contribution >= 4 is 5.71 Å². The number of rotatable bonds is 0. The number of benzene rings is 1. The van der Waals surface area contributed by atoms with E-state index in [1.165, 1.54) is 11.1 Å². The van der Waals surface area contributed by atoms with Crippen molar-refractivity contribution in [3.05, 3.63) is 35.4 Å². The molecule has 1 aromatic carbocycles. The Morgan fingerprint density at radius 3 is 2.92 bits per heavy atom. The van der Waals surface area contributed by atoms with E-state index < -0.39 is 0 Å². The van der Waals surface area contributed by atoms with Crippen LogP contribution in [0.3, 0.4) is 0 Å². The number of nitrogens with zero attached hydrogens (tertiary/aromatic N) is 2. The van der Waals surface area contributed by atoms with Crippen molar-refractivity contribution in [3.63, 3.8) is 0 Å². The topological polar surface area (TPSA) is 15.6 Å². The lowest BCUT2D eigenvalue weighted by Crippen LogP contribution is -2.20. The molecule has 12 heavy (non-hydrogen) atoms. The van der Waals surface area contributed by atoms with E-state index in [-0.39, 0.29) is 0 Å². The Hall–Kier alpha value is -1.31. The zero-order valence-electron chi connectivity index (χ0n) is 7.41. The van der Waals surface area contributed by atoms with Crippen molar-refractivity contribution in [2.45, 2.75) is 13.5 Å². The van der Waals surface area contributed by atoms with Crippen molar-refractivity contribution in [2.24, 2.45) is 5.10 Å². The number of fused-ring (bicyclic) bond motifs is 1. The Balaban J connectivity index is 2.53. The molecular weight excluding hydrogens is 148 g/mol. The summed E-state index contributed by atoms with van der Waals surface area (Å²) < 4.78 is 0. The van der Waals surface area contributed by atoms with Gasteiger partial charge in [0.05, 0.1) is 12.3 Å². The smallest absolute Gasteiger partial charge is 0.0650 e. The predicted octanol–water partition coefficient (Wildman–Crippen LogP) is 1.86. The second kappa shape index (κ2) is 2.63. The molecule has 0 N–H and O–H groups in total. The Morgan fingerprint density at radius 1 is 1.33 bits per heavy atom. The average molecular weight is 160 g/mol. The third kappa shape index (κ3) is 1.09. The van der Waals surface area contributed by atoms with Gasteiger partial charge < -0.3 is 0 Å². The second-order valence-corrected chi connectivity index (χ2v) is 3.16. The van der Waals surface area contributed by atoms with E-state index in [1.807, 2.05) is 12.1 Å². The summed E-state index contributed by atoms with van der Waals surface area (Å²) in [5.74, 6) is 0. The van der Waals surface area contributed by atoms with Gasteiger partial charge in [-0.2, -0.15) is 5.10 Å². The van der Waals surface area contributed by atoms with Crippen LogP contribution in [-0.2, 0) is 6.54 Å². The van der Waals surface area contributed by atoms with E-state index in [0.717, 1.165) is 12.3 Å². The van der Waals surface area contributed by atoms with E-state index in [4.69, 9.17) is 0 Å².